The molecule has 0 bridgehead atoms. The van der Waals surface area contributed by atoms with Crippen molar-refractivity contribution in [1.29, 1.82) is 0 Å². The number of carbonyl (C=O) groups is 1. The second kappa shape index (κ2) is 5.49. The van der Waals surface area contributed by atoms with Crippen molar-refractivity contribution in [1.82, 2.24) is 15.0 Å². The lowest BCUT2D eigenvalue weighted by Gasteiger charge is -2.30. The van der Waals surface area contributed by atoms with Gasteiger partial charge >= 0.3 is 0 Å². The Morgan fingerprint density at radius 3 is 3.00 bits per heavy atom. The average molecular weight is 253 g/mol. The lowest BCUT2D eigenvalue weighted by atomic mass is 10.1. The molecule has 0 spiro atoms. The van der Waals surface area contributed by atoms with Crippen molar-refractivity contribution in [3.8, 4) is 0 Å². The molecule has 1 aliphatic rings. The molecule has 100 valence electrons. The summed E-state index contributed by atoms with van der Waals surface area (Å²) >= 11 is 0. The van der Waals surface area contributed by atoms with E-state index in [2.05, 4.69) is 5.32 Å². The van der Waals surface area contributed by atoms with Crippen LogP contribution in [0.2, 0.25) is 0 Å². The van der Waals surface area contributed by atoms with E-state index in [0.29, 0.717) is 11.8 Å². The zero-order chi connectivity index (χ0) is 13.1. The second-order valence-corrected chi connectivity index (χ2v) is 4.79. The fraction of sp³-hybridized carbons (Fsp3) is 0.667. The van der Waals surface area contributed by atoms with Crippen LogP contribution in [0.15, 0.2) is 15.4 Å². The predicted molar refractivity (Wildman–Crippen MR) is 66.9 cm³/mol. The molecule has 1 aliphatic heterocycles. The first-order valence-electron chi connectivity index (χ1n) is 6.22. The van der Waals surface area contributed by atoms with Crippen LogP contribution in [0, 0.1) is 6.92 Å². The summed E-state index contributed by atoms with van der Waals surface area (Å²) in [7, 11) is 1.90. The summed E-state index contributed by atoms with van der Waals surface area (Å²) in [5, 5.41) is 3.30. The van der Waals surface area contributed by atoms with Gasteiger partial charge in [0.25, 0.3) is 11.5 Å². The minimum Gasteiger partial charge on any atom is -0.373 e. The van der Waals surface area contributed by atoms with Crippen LogP contribution in [0.25, 0.3) is 0 Å². The van der Waals surface area contributed by atoms with Crippen LogP contribution in [-0.2, 0) is 0 Å². The maximum absolute atomic E-state index is 11.9. The van der Waals surface area contributed by atoms with Crippen molar-refractivity contribution in [2.45, 2.75) is 25.8 Å². The molecule has 0 saturated carbocycles. The molecule has 6 nitrogen and oxygen atoms in total. The molecule has 1 saturated heterocycles. The molecule has 0 aliphatic carbocycles. The molecule has 18 heavy (non-hydrogen) atoms. The Bertz CT molecular complexity index is 471. The number of nitrogens with one attached hydrogen (secondary N) is 1. The number of rotatable bonds is 3. The molecule has 0 radical (unpaired) electrons. The Kier molecular flexibility index (Phi) is 3.98. The molecule has 0 amide bonds. The van der Waals surface area contributed by atoms with Crippen LogP contribution in [-0.4, -0.2) is 48.3 Å². The highest BCUT2D eigenvalue weighted by atomic mass is 16.5. The van der Waals surface area contributed by atoms with E-state index in [1.807, 2.05) is 11.9 Å². The zero-order valence-electron chi connectivity index (χ0n) is 10.8. The van der Waals surface area contributed by atoms with Crippen LogP contribution in [0.5, 0.6) is 0 Å². The molecular weight excluding hydrogens is 234 g/mol. The molecule has 1 unspecified atom stereocenters. The van der Waals surface area contributed by atoms with E-state index in [9.17, 15) is 9.59 Å². The summed E-state index contributed by atoms with van der Waals surface area (Å²) in [6, 6.07) is 1.66. The van der Waals surface area contributed by atoms with E-state index in [4.69, 9.17) is 4.52 Å². The lowest BCUT2D eigenvalue weighted by Crippen LogP contribution is -2.47. The van der Waals surface area contributed by atoms with E-state index >= 15 is 0 Å². The van der Waals surface area contributed by atoms with E-state index in [0.717, 1.165) is 30.7 Å². The van der Waals surface area contributed by atoms with E-state index in [-0.39, 0.29) is 12.5 Å². The summed E-state index contributed by atoms with van der Waals surface area (Å²) < 4.78 is 5.91. The number of piperidine rings is 1. The summed E-state index contributed by atoms with van der Waals surface area (Å²) in [4.78, 5) is 25.4. The third-order valence-corrected chi connectivity index (χ3v) is 3.27. The Balaban J connectivity index is 1.98. The van der Waals surface area contributed by atoms with Crippen molar-refractivity contribution in [3.05, 3.63) is 22.2 Å². The second-order valence-electron chi connectivity index (χ2n) is 4.79. The van der Waals surface area contributed by atoms with Crippen LogP contribution >= 0.6 is 0 Å². The highest BCUT2D eigenvalue weighted by molar-refractivity contribution is 5.79. The van der Waals surface area contributed by atoms with Gasteiger partial charge in [0, 0.05) is 18.7 Å². The molecule has 0 aromatic carbocycles. The summed E-state index contributed by atoms with van der Waals surface area (Å²) in [5.41, 5.74) is -0.396. The topological polar surface area (TPSA) is 67.5 Å². The zero-order valence-corrected chi connectivity index (χ0v) is 10.8. The average Bonchev–Trinajstić information content (AvgIpc) is 2.69. The molecule has 1 N–H and O–H groups in total. The number of carbonyl (C=O) groups excluding carboxylic acids is 1. The SMILES string of the molecule is Cc1cc(=O)n(C(=O)CN(C)C2CCCNC2)o1. The Morgan fingerprint density at radius 2 is 2.44 bits per heavy atom. The van der Waals surface area contributed by atoms with Gasteiger partial charge in [-0.25, -0.2) is 0 Å². The van der Waals surface area contributed by atoms with Gasteiger partial charge in [0.2, 0.25) is 0 Å². The quantitative estimate of drug-likeness (QED) is 0.826. The van der Waals surface area contributed by atoms with Gasteiger partial charge in [-0.15, -0.1) is 4.74 Å². The van der Waals surface area contributed by atoms with Gasteiger partial charge < -0.3 is 9.84 Å². The first kappa shape index (κ1) is 13.0. The van der Waals surface area contributed by atoms with Gasteiger partial charge in [0.1, 0.15) is 5.76 Å². The third kappa shape index (κ3) is 2.88. The fourth-order valence-corrected chi connectivity index (χ4v) is 2.24. The van der Waals surface area contributed by atoms with E-state index < -0.39 is 5.56 Å². The normalized spacial score (nSPS) is 20.3. The van der Waals surface area contributed by atoms with E-state index in [1.54, 1.807) is 6.92 Å². The van der Waals surface area contributed by atoms with Crippen molar-refractivity contribution in [2.75, 3.05) is 26.7 Å². The number of nitrogens with zero attached hydrogens (tertiary/aromatic N) is 2. The van der Waals surface area contributed by atoms with Gasteiger partial charge in [-0.3, -0.25) is 14.5 Å². The summed E-state index contributed by atoms with van der Waals surface area (Å²) in [6.07, 6.45) is 2.19. The van der Waals surface area contributed by atoms with Crippen LogP contribution in [0.3, 0.4) is 0 Å². The predicted octanol–water partition coefficient (Wildman–Crippen LogP) is 0.0737. The number of aryl methyl sites for hydroxylation is 1. The summed E-state index contributed by atoms with van der Waals surface area (Å²) in [5.74, 6) is 0.136. The van der Waals surface area contributed by atoms with Gasteiger partial charge in [0.05, 0.1) is 6.54 Å². The number of aromatic nitrogens is 1. The van der Waals surface area contributed by atoms with Crippen molar-refractivity contribution in [2.24, 2.45) is 0 Å². The molecule has 2 rings (SSSR count). The standard InChI is InChI=1S/C12H19N3O3/c1-9-6-11(16)15(18-9)12(17)8-14(2)10-4-3-5-13-7-10/h6,10,13H,3-5,7-8H2,1-2H3. The fourth-order valence-electron chi connectivity index (χ4n) is 2.24. The molecule has 2 heterocycles. The van der Waals surface area contributed by atoms with Crippen LogP contribution in [0.4, 0.5) is 0 Å². The van der Waals surface area contributed by atoms with Gasteiger partial charge in [-0.05, 0) is 33.4 Å². The minimum atomic E-state index is -0.396. The van der Waals surface area contributed by atoms with Crippen molar-refractivity contribution >= 4 is 5.91 Å². The van der Waals surface area contributed by atoms with Gasteiger partial charge in [-0.2, -0.15) is 0 Å². The Labute approximate surface area is 106 Å². The number of likely N-dealkylation sites (N-methyl/N-ethyl adjacent to an activating group) is 1. The van der Waals surface area contributed by atoms with Gasteiger partial charge in [0.15, 0.2) is 0 Å². The molecule has 1 fully saturated rings. The molecular formula is C12H19N3O3. The molecule has 1 aromatic rings. The Morgan fingerprint density at radius 1 is 1.67 bits per heavy atom. The smallest absolute Gasteiger partial charge is 0.290 e. The first-order chi connectivity index (χ1) is 8.58. The molecule has 1 atom stereocenters. The first-order valence-corrected chi connectivity index (χ1v) is 6.22. The monoisotopic (exact) mass is 253 g/mol. The van der Waals surface area contributed by atoms with Crippen LogP contribution in [0.1, 0.15) is 23.4 Å². The maximum Gasteiger partial charge on any atom is 0.290 e. The minimum absolute atomic E-state index is 0.194. The lowest BCUT2D eigenvalue weighted by molar-refractivity contribution is 0.0692. The van der Waals surface area contributed by atoms with E-state index in [1.165, 1.54) is 6.07 Å². The Hall–Kier alpha value is -1.40. The molecule has 6 heteroatoms. The van der Waals surface area contributed by atoms with Crippen molar-refractivity contribution < 1.29 is 9.32 Å². The number of hydrogen-bond donors (Lipinski definition) is 1. The largest absolute Gasteiger partial charge is 0.373 e. The number of hydrogen-bond acceptors (Lipinski definition) is 5. The maximum atomic E-state index is 11.9. The highest BCUT2D eigenvalue weighted by Crippen LogP contribution is 2.08. The highest BCUT2D eigenvalue weighted by Gasteiger charge is 2.21. The third-order valence-electron chi connectivity index (χ3n) is 3.27. The summed E-state index contributed by atoms with van der Waals surface area (Å²) in [6.45, 7) is 3.77. The van der Waals surface area contributed by atoms with Crippen LogP contribution < -0.4 is 10.9 Å². The van der Waals surface area contributed by atoms with Crippen molar-refractivity contribution in [3.63, 3.8) is 0 Å². The van der Waals surface area contributed by atoms with Gasteiger partial charge in [-0.1, -0.05) is 0 Å². The molecule has 1 aromatic heterocycles.